The van der Waals surface area contributed by atoms with E-state index in [1.54, 1.807) is 6.07 Å². The van der Waals surface area contributed by atoms with Crippen molar-refractivity contribution in [1.82, 2.24) is 10.3 Å². The van der Waals surface area contributed by atoms with Gasteiger partial charge in [-0.2, -0.15) is 4.98 Å². The number of hydrogen-bond acceptors (Lipinski definition) is 8. The highest BCUT2D eigenvalue weighted by molar-refractivity contribution is 6.02. The number of nitrogens with zero attached hydrogens (tertiary/aromatic N) is 2. The number of nitrogens with one attached hydrogen (secondary N) is 1. The number of methoxy groups -OCH3 is 2. The molecule has 4 rings (SSSR count). The van der Waals surface area contributed by atoms with Crippen molar-refractivity contribution in [1.29, 1.82) is 0 Å². The first kappa shape index (κ1) is 23.5. The summed E-state index contributed by atoms with van der Waals surface area (Å²) in [5, 5.41) is 13.8. The molecule has 1 aromatic heterocycles. The number of fused-ring (bicyclic) bond motifs is 1. The third kappa shape index (κ3) is 5.13. The van der Waals surface area contributed by atoms with Crippen LogP contribution in [-0.2, 0) is 11.3 Å². The van der Waals surface area contributed by atoms with Gasteiger partial charge in [0.1, 0.15) is 23.9 Å². The number of aryl methyl sites for hydroxylation is 2. The molecule has 2 aromatic carbocycles. The summed E-state index contributed by atoms with van der Waals surface area (Å²) < 4.78 is 22.3. The first-order chi connectivity index (χ1) is 16.5. The Balaban J connectivity index is 1.48. The zero-order chi connectivity index (χ0) is 24.1. The molecular formula is C26H29N3O5. The van der Waals surface area contributed by atoms with Gasteiger partial charge in [-0.25, -0.2) is 4.99 Å². The van der Waals surface area contributed by atoms with Crippen molar-refractivity contribution in [3.8, 4) is 17.4 Å². The Bertz CT molecular complexity index is 1160. The summed E-state index contributed by atoms with van der Waals surface area (Å²) in [6.07, 6.45) is -1.02. The van der Waals surface area contributed by atoms with Gasteiger partial charge in [-0.1, -0.05) is 30.3 Å². The number of pyridine rings is 1. The van der Waals surface area contributed by atoms with E-state index in [0.717, 1.165) is 28.0 Å². The van der Waals surface area contributed by atoms with Crippen LogP contribution in [0.25, 0.3) is 0 Å². The molecular weight excluding hydrogens is 434 g/mol. The minimum atomic E-state index is -1.02. The van der Waals surface area contributed by atoms with E-state index in [0.29, 0.717) is 48.7 Å². The Morgan fingerprint density at radius 2 is 1.71 bits per heavy atom. The maximum atomic E-state index is 10.7. The van der Waals surface area contributed by atoms with Crippen molar-refractivity contribution >= 4 is 11.7 Å². The second-order valence-corrected chi connectivity index (χ2v) is 7.94. The Morgan fingerprint density at radius 3 is 2.38 bits per heavy atom. The van der Waals surface area contributed by atoms with Crippen LogP contribution in [-0.4, -0.2) is 43.4 Å². The molecule has 8 heteroatoms. The molecule has 1 aliphatic rings. The molecule has 2 N–H and O–H groups in total. The van der Waals surface area contributed by atoms with Gasteiger partial charge < -0.3 is 29.4 Å². The predicted octanol–water partition coefficient (Wildman–Crippen LogP) is 3.98. The van der Waals surface area contributed by atoms with E-state index in [-0.39, 0.29) is 0 Å². The van der Waals surface area contributed by atoms with E-state index in [1.165, 1.54) is 14.2 Å². The molecule has 1 aliphatic heterocycles. The molecule has 0 radical (unpaired) electrons. The lowest BCUT2D eigenvalue weighted by atomic mass is 10.0. The van der Waals surface area contributed by atoms with Gasteiger partial charge in [0.05, 0.1) is 33.0 Å². The number of hydrogen-bond donors (Lipinski definition) is 2. The minimum absolute atomic E-state index is 0.351. The summed E-state index contributed by atoms with van der Waals surface area (Å²) in [7, 11) is 3.05. The van der Waals surface area contributed by atoms with Crippen LogP contribution >= 0.6 is 0 Å². The standard InChI is InChI=1S/C26H29N3O5/c1-16-12-19(13-17(2)23(16)34-11-10-33-15-18-8-6-5-7-9-18)24-28-25-22(26(30)29-24)20(31-3)14-21(27-25)32-4/h5-9,12-14,26,30H,10-11,15H2,1-4H3,(H,27,28,29). The maximum absolute atomic E-state index is 10.7. The summed E-state index contributed by atoms with van der Waals surface area (Å²) in [6.45, 7) is 5.45. The van der Waals surface area contributed by atoms with Gasteiger partial charge >= 0.3 is 0 Å². The molecule has 0 bridgehead atoms. The summed E-state index contributed by atoms with van der Waals surface area (Å²) in [4.78, 5) is 9.00. The van der Waals surface area contributed by atoms with Crippen LogP contribution in [0.4, 0.5) is 5.82 Å². The molecule has 3 aromatic rings. The van der Waals surface area contributed by atoms with Crippen LogP contribution in [0, 0.1) is 13.8 Å². The zero-order valence-electron chi connectivity index (χ0n) is 19.8. The number of aliphatic hydroxyl groups excluding tert-OH is 1. The maximum Gasteiger partial charge on any atom is 0.218 e. The third-order valence-electron chi connectivity index (χ3n) is 5.49. The normalized spacial score (nSPS) is 14.6. The van der Waals surface area contributed by atoms with Crippen molar-refractivity contribution in [3.05, 3.63) is 76.3 Å². The lowest BCUT2D eigenvalue weighted by Gasteiger charge is -2.25. The number of ether oxygens (including phenoxy) is 4. The van der Waals surface area contributed by atoms with Crippen LogP contribution < -0.4 is 19.5 Å². The van der Waals surface area contributed by atoms with Gasteiger partial charge in [-0.05, 0) is 42.7 Å². The van der Waals surface area contributed by atoms with E-state index in [2.05, 4.69) is 15.3 Å². The zero-order valence-corrected chi connectivity index (χ0v) is 19.8. The third-order valence-corrected chi connectivity index (χ3v) is 5.49. The first-order valence-corrected chi connectivity index (χ1v) is 11.0. The largest absolute Gasteiger partial charge is 0.496 e. The molecule has 0 fully saturated rings. The molecule has 34 heavy (non-hydrogen) atoms. The molecule has 0 spiro atoms. The van der Waals surface area contributed by atoms with Gasteiger partial charge in [0.15, 0.2) is 12.0 Å². The topological polar surface area (TPSA) is 94.4 Å². The Labute approximate surface area is 199 Å². The quantitative estimate of drug-likeness (QED) is 0.464. The van der Waals surface area contributed by atoms with Gasteiger partial charge in [0, 0.05) is 11.6 Å². The molecule has 0 saturated carbocycles. The molecule has 0 aliphatic carbocycles. The van der Waals surface area contributed by atoms with Crippen molar-refractivity contribution in [2.75, 3.05) is 27.4 Å². The van der Waals surface area contributed by atoms with E-state index >= 15 is 0 Å². The number of aliphatic imine (C=N–C) groups is 1. The minimum Gasteiger partial charge on any atom is -0.496 e. The predicted molar refractivity (Wildman–Crippen MR) is 129 cm³/mol. The van der Waals surface area contributed by atoms with Gasteiger partial charge in [-0.3, -0.25) is 0 Å². The molecule has 178 valence electrons. The average molecular weight is 464 g/mol. The molecule has 1 atom stereocenters. The second-order valence-electron chi connectivity index (χ2n) is 7.94. The summed E-state index contributed by atoms with van der Waals surface area (Å²) >= 11 is 0. The Kier molecular flexibility index (Phi) is 7.30. The average Bonchev–Trinajstić information content (AvgIpc) is 2.84. The highest BCUT2D eigenvalue weighted by Crippen LogP contribution is 2.38. The number of benzene rings is 2. The fourth-order valence-corrected chi connectivity index (χ4v) is 3.88. The van der Waals surface area contributed by atoms with Gasteiger partial charge in [0.2, 0.25) is 5.88 Å². The molecule has 8 nitrogen and oxygen atoms in total. The van der Waals surface area contributed by atoms with Crippen LogP contribution in [0.5, 0.6) is 17.4 Å². The van der Waals surface area contributed by atoms with Crippen LogP contribution in [0.1, 0.15) is 34.0 Å². The van der Waals surface area contributed by atoms with E-state index in [1.807, 2.05) is 56.3 Å². The second kappa shape index (κ2) is 10.5. The fraction of sp³-hybridized carbons (Fsp3) is 0.308. The lowest BCUT2D eigenvalue weighted by molar-refractivity contribution is 0.0885. The van der Waals surface area contributed by atoms with E-state index in [9.17, 15) is 5.11 Å². The van der Waals surface area contributed by atoms with Crippen molar-refractivity contribution in [2.45, 2.75) is 26.7 Å². The first-order valence-electron chi connectivity index (χ1n) is 11.0. The highest BCUT2D eigenvalue weighted by atomic mass is 16.5. The van der Waals surface area contributed by atoms with Crippen molar-refractivity contribution < 1.29 is 24.1 Å². The highest BCUT2D eigenvalue weighted by Gasteiger charge is 2.27. The Hall–Kier alpha value is -3.62. The van der Waals surface area contributed by atoms with Crippen LogP contribution in [0.15, 0.2) is 53.5 Å². The summed E-state index contributed by atoms with van der Waals surface area (Å²) in [5.41, 5.74) is 4.33. The molecule has 0 amide bonds. The van der Waals surface area contributed by atoms with Gasteiger partial charge in [0.25, 0.3) is 0 Å². The van der Waals surface area contributed by atoms with E-state index in [4.69, 9.17) is 18.9 Å². The van der Waals surface area contributed by atoms with Crippen molar-refractivity contribution in [2.24, 2.45) is 4.99 Å². The van der Waals surface area contributed by atoms with E-state index < -0.39 is 6.23 Å². The van der Waals surface area contributed by atoms with Crippen molar-refractivity contribution in [3.63, 3.8) is 0 Å². The monoisotopic (exact) mass is 463 g/mol. The molecule has 2 heterocycles. The number of aliphatic hydroxyl groups is 1. The summed E-state index contributed by atoms with van der Waals surface area (Å²) in [5.74, 6) is 2.48. The molecule has 1 unspecified atom stereocenters. The number of aromatic nitrogens is 1. The molecule has 0 saturated heterocycles. The lowest BCUT2D eigenvalue weighted by Crippen LogP contribution is -2.32. The summed E-state index contributed by atoms with van der Waals surface area (Å²) in [6, 6.07) is 15.6. The SMILES string of the molecule is COc1cc(OC)c2c(n1)N=C(c1cc(C)c(OCCOCc3ccccc3)c(C)c1)NC2O. The van der Waals surface area contributed by atoms with Gasteiger partial charge in [-0.15, -0.1) is 0 Å². The van der Waals surface area contributed by atoms with Crippen LogP contribution in [0.2, 0.25) is 0 Å². The number of rotatable bonds is 9. The number of amidine groups is 1. The fourth-order valence-electron chi connectivity index (χ4n) is 3.88. The van der Waals surface area contributed by atoms with Crippen LogP contribution in [0.3, 0.4) is 0 Å². The smallest absolute Gasteiger partial charge is 0.218 e. The Morgan fingerprint density at radius 1 is 0.971 bits per heavy atom.